The number of pyridine rings is 1. The molecule has 2 aromatic rings. The van der Waals surface area contributed by atoms with Crippen molar-refractivity contribution in [3.05, 3.63) is 47.5 Å². The number of hydrogen-bond acceptors (Lipinski definition) is 4. The van der Waals surface area contributed by atoms with Crippen LogP contribution in [0.4, 0.5) is 10.1 Å². The number of rotatable bonds is 4. The molecule has 0 unspecified atom stereocenters. The molecule has 5 heteroatoms. The number of hydrogen-bond donors (Lipinski definition) is 1. The van der Waals surface area contributed by atoms with Crippen LogP contribution in [0.2, 0.25) is 0 Å². The fourth-order valence-corrected chi connectivity index (χ4v) is 1.68. The van der Waals surface area contributed by atoms with Gasteiger partial charge in [-0.05, 0) is 19.1 Å². The van der Waals surface area contributed by atoms with Gasteiger partial charge in [0.15, 0.2) is 11.6 Å². The minimum absolute atomic E-state index is 0.150. The molecular formula is C14H15FN2O2. The first kappa shape index (κ1) is 13.1. The number of nitrogen functional groups attached to an aromatic ring is 1. The molecule has 0 bridgehead atoms. The number of aryl methyl sites for hydroxylation is 1. The van der Waals surface area contributed by atoms with Gasteiger partial charge in [0.1, 0.15) is 12.4 Å². The van der Waals surface area contributed by atoms with Gasteiger partial charge >= 0.3 is 0 Å². The largest absolute Gasteiger partial charge is 0.497 e. The lowest BCUT2D eigenvalue weighted by molar-refractivity contribution is 0.285. The van der Waals surface area contributed by atoms with E-state index >= 15 is 0 Å². The summed E-state index contributed by atoms with van der Waals surface area (Å²) in [4.78, 5) is 4.29. The first-order valence-corrected chi connectivity index (χ1v) is 5.78. The van der Waals surface area contributed by atoms with Gasteiger partial charge in [-0.3, -0.25) is 4.98 Å². The molecule has 1 heterocycles. The van der Waals surface area contributed by atoms with E-state index in [1.807, 2.05) is 13.0 Å². The molecule has 2 rings (SSSR count). The summed E-state index contributed by atoms with van der Waals surface area (Å²) in [5.74, 6) is 0.361. The topological polar surface area (TPSA) is 57.4 Å². The Hall–Kier alpha value is -2.30. The number of nitrogens with two attached hydrogens (primary N) is 1. The summed E-state index contributed by atoms with van der Waals surface area (Å²) in [6.45, 7) is 2.02. The molecule has 0 amide bonds. The van der Waals surface area contributed by atoms with E-state index in [2.05, 4.69) is 4.98 Å². The molecule has 0 aliphatic heterocycles. The lowest BCUT2D eigenvalue weighted by Gasteiger charge is -2.09. The second-order valence-electron chi connectivity index (χ2n) is 4.12. The predicted molar refractivity (Wildman–Crippen MR) is 70.7 cm³/mol. The van der Waals surface area contributed by atoms with Gasteiger partial charge in [-0.1, -0.05) is 0 Å². The lowest BCUT2D eigenvalue weighted by atomic mass is 10.3. The maximum Gasteiger partial charge on any atom is 0.167 e. The van der Waals surface area contributed by atoms with Crippen LogP contribution in [-0.4, -0.2) is 12.1 Å². The maximum atomic E-state index is 13.5. The van der Waals surface area contributed by atoms with Crippen LogP contribution in [0.1, 0.15) is 11.4 Å². The highest BCUT2D eigenvalue weighted by Gasteiger charge is 2.06. The van der Waals surface area contributed by atoms with Gasteiger partial charge in [0.2, 0.25) is 0 Å². The molecule has 0 spiro atoms. The van der Waals surface area contributed by atoms with Crippen LogP contribution in [0.5, 0.6) is 11.5 Å². The van der Waals surface area contributed by atoms with Crippen molar-refractivity contribution in [2.75, 3.05) is 12.8 Å². The SMILES string of the molecule is COc1cc(C)nc(COc2ccc(N)cc2F)c1. The van der Waals surface area contributed by atoms with Crippen molar-refractivity contribution in [3.63, 3.8) is 0 Å². The monoisotopic (exact) mass is 262 g/mol. The van der Waals surface area contributed by atoms with Crippen molar-refractivity contribution in [1.29, 1.82) is 0 Å². The second-order valence-corrected chi connectivity index (χ2v) is 4.12. The van der Waals surface area contributed by atoms with Crippen LogP contribution >= 0.6 is 0 Å². The van der Waals surface area contributed by atoms with Crippen LogP contribution in [0.15, 0.2) is 30.3 Å². The first-order valence-electron chi connectivity index (χ1n) is 5.78. The molecule has 4 nitrogen and oxygen atoms in total. The molecule has 0 aliphatic carbocycles. The van der Waals surface area contributed by atoms with Crippen LogP contribution < -0.4 is 15.2 Å². The van der Waals surface area contributed by atoms with Crippen molar-refractivity contribution >= 4 is 5.69 Å². The summed E-state index contributed by atoms with van der Waals surface area (Å²) >= 11 is 0. The molecule has 0 saturated carbocycles. The average Bonchev–Trinajstić information content (AvgIpc) is 2.37. The molecule has 100 valence electrons. The van der Waals surface area contributed by atoms with E-state index in [9.17, 15) is 4.39 Å². The first-order chi connectivity index (χ1) is 9.08. The summed E-state index contributed by atoms with van der Waals surface area (Å²) in [5.41, 5.74) is 7.32. The summed E-state index contributed by atoms with van der Waals surface area (Å²) in [5, 5.41) is 0. The van der Waals surface area contributed by atoms with Gasteiger partial charge < -0.3 is 15.2 Å². The molecular weight excluding hydrogens is 247 g/mol. The number of ether oxygens (including phenoxy) is 2. The number of nitrogens with zero attached hydrogens (tertiary/aromatic N) is 1. The van der Waals surface area contributed by atoms with Gasteiger partial charge in [-0.2, -0.15) is 0 Å². The molecule has 0 atom stereocenters. The van der Waals surface area contributed by atoms with E-state index in [0.717, 1.165) is 5.69 Å². The Morgan fingerprint density at radius 2 is 2.05 bits per heavy atom. The minimum atomic E-state index is -0.486. The van der Waals surface area contributed by atoms with Crippen LogP contribution in [0.3, 0.4) is 0 Å². The predicted octanol–water partition coefficient (Wildman–Crippen LogP) is 2.70. The zero-order valence-electron chi connectivity index (χ0n) is 10.8. The van der Waals surface area contributed by atoms with E-state index < -0.39 is 5.82 Å². The number of aromatic nitrogens is 1. The Bertz CT molecular complexity index is 588. The quantitative estimate of drug-likeness (QED) is 0.861. The standard InChI is InChI=1S/C14H15FN2O2/c1-9-5-12(18-2)7-11(17-9)8-19-14-4-3-10(16)6-13(14)15/h3-7H,8,16H2,1-2H3. The number of methoxy groups -OCH3 is 1. The highest BCUT2D eigenvalue weighted by Crippen LogP contribution is 2.21. The Balaban J connectivity index is 2.12. The van der Waals surface area contributed by atoms with E-state index in [1.165, 1.54) is 12.1 Å². The van der Waals surface area contributed by atoms with E-state index in [0.29, 0.717) is 17.1 Å². The van der Waals surface area contributed by atoms with Gasteiger partial charge in [0, 0.05) is 29.6 Å². The number of anilines is 1. The third-order valence-corrected chi connectivity index (χ3v) is 2.55. The number of benzene rings is 1. The third-order valence-electron chi connectivity index (χ3n) is 2.55. The molecule has 19 heavy (non-hydrogen) atoms. The second kappa shape index (κ2) is 5.56. The Morgan fingerprint density at radius 3 is 2.74 bits per heavy atom. The van der Waals surface area contributed by atoms with Crippen LogP contribution in [0, 0.1) is 12.7 Å². The normalized spacial score (nSPS) is 10.3. The summed E-state index contributed by atoms with van der Waals surface area (Å²) in [6, 6.07) is 7.87. The Labute approximate surface area is 111 Å². The van der Waals surface area contributed by atoms with Gasteiger partial charge in [0.25, 0.3) is 0 Å². The molecule has 0 fully saturated rings. The van der Waals surface area contributed by atoms with E-state index in [4.69, 9.17) is 15.2 Å². The number of halogens is 1. The third kappa shape index (κ3) is 3.34. The highest BCUT2D eigenvalue weighted by atomic mass is 19.1. The summed E-state index contributed by atoms with van der Waals surface area (Å²) < 4.78 is 24.1. The van der Waals surface area contributed by atoms with Crippen LogP contribution in [-0.2, 0) is 6.61 Å². The average molecular weight is 262 g/mol. The molecule has 0 saturated heterocycles. The molecule has 1 aromatic heterocycles. The van der Waals surface area contributed by atoms with Gasteiger partial charge in [-0.15, -0.1) is 0 Å². The van der Waals surface area contributed by atoms with Crippen molar-refractivity contribution in [3.8, 4) is 11.5 Å². The molecule has 0 radical (unpaired) electrons. The zero-order valence-corrected chi connectivity index (χ0v) is 10.8. The van der Waals surface area contributed by atoms with E-state index in [1.54, 1.807) is 19.2 Å². The van der Waals surface area contributed by atoms with Crippen LogP contribution in [0.25, 0.3) is 0 Å². The fraction of sp³-hybridized carbons (Fsp3) is 0.214. The molecule has 0 aliphatic rings. The van der Waals surface area contributed by atoms with Crippen molar-refractivity contribution in [2.24, 2.45) is 0 Å². The zero-order chi connectivity index (χ0) is 13.8. The highest BCUT2D eigenvalue weighted by molar-refractivity contribution is 5.42. The van der Waals surface area contributed by atoms with Gasteiger partial charge in [-0.25, -0.2) is 4.39 Å². The van der Waals surface area contributed by atoms with Crippen molar-refractivity contribution in [1.82, 2.24) is 4.98 Å². The summed E-state index contributed by atoms with van der Waals surface area (Å²) in [7, 11) is 1.58. The maximum absolute atomic E-state index is 13.5. The Kier molecular flexibility index (Phi) is 3.85. The van der Waals surface area contributed by atoms with E-state index in [-0.39, 0.29) is 12.4 Å². The Morgan fingerprint density at radius 1 is 1.26 bits per heavy atom. The molecule has 2 N–H and O–H groups in total. The molecule has 1 aromatic carbocycles. The minimum Gasteiger partial charge on any atom is -0.497 e. The fourth-order valence-electron chi connectivity index (χ4n) is 1.68. The van der Waals surface area contributed by atoms with Gasteiger partial charge in [0.05, 0.1) is 12.8 Å². The van der Waals surface area contributed by atoms with Crippen molar-refractivity contribution in [2.45, 2.75) is 13.5 Å². The lowest BCUT2D eigenvalue weighted by Crippen LogP contribution is -2.02. The summed E-state index contributed by atoms with van der Waals surface area (Å²) in [6.07, 6.45) is 0. The smallest absolute Gasteiger partial charge is 0.167 e. The van der Waals surface area contributed by atoms with Crippen molar-refractivity contribution < 1.29 is 13.9 Å².